The summed E-state index contributed by atoms with van der Waals surface area (Å²) in [6.45, 7) is 2.03. The first-order valence-electron chi connectivity index (χ1n) is 6.49. The van der Waals surface area contributed by atoms with Gasteiger partial charge in [0.05, 0.1) is 18.4 Å². The van der Waals surface area contributed by atoms with Crippen LogP contribution in [0.2, 0.25) is 0 Å². The molecular weight excluding hydrogens is 266 g/mol. The molecule has 0 unspecified atom stereocenters. The molecule has 0 saturated heterocycles. The molecule has 106 valence electrons. The van der Waals surface area contributed by atoms with Gasteiger partial charge in [0, 0.05) is 5.69 Å². The predicted octanol–water partition coefficient (Wildman–Crippen LogP) is 2.23. The van der Waals surface area contributed by atoms with Gasteiger partial charge in [-0.25, -0.2) is 0 Å². The number of aryl methyl sites for hydroxylation is 1. The lowest BCUT2D eigenvalue weighted by Gasteiger charge is -2.11. The van der Waals surface area contributed by atoms with Crippen molar-refractivity contribution >= 4 is 5.69 Å². The zero-order valence-corrected chi connectivity index (χ0v) is 11.8. The third-order valence-corrected chi connectivity index (χ3v) is 3.25. The van der Waals surface area contributed by atoms with Gasteiger partial charge in [0.1, 0.15) is 5.75 Å². The highest BCUT2D eigenvalue weighted by Crippen LogP contribution is 2.34. The molecule has 0 aliphatic heterocycles. The molecule has 0 radical (unpaired) electrons. The molecule has 0 fully saturated rings. The lowest BCUT2D eigenvalue weighted by Crippen LogP contribution is -2.03. The van der Waals surface area contributed by atoms with E-state index in [0.717, 1.165) is 5.69 Å². The van der Waals surface area contributed by atoms with Crippen molar-refractivity contribution in [2.24, 2.45) is 0 Å². The van der Waals surface area contributed by atoms with E-state index in [1.54, 1.807) is 17.9 Å². The molecule has 2 aromatic carbocycles. The molecule has 2 N–H and O–H groups in total. The molecule has 3 rings (SSSR count). The van der Waals surface area contributed by atoms with Crippen molar-refractivity contribution in [2.75, 3.05) is 12.8 Å². The first kappa shape index (κ1) is 13.1. The van der Waals surface area contributed by atoms with Crippen LogP contribution in [0, 0.1) is 6.92 Å². The van der Waals surface area contributed by atoms with E-state index < -0.39 is 0 Å². The molecule has 6 heteroatoms. The number of hydrogen-bond donors (Lipinski definition) is 1. The number of nitrogens with zero attached hydrogens (tertiary/aromatic N) is 4. The topological polar surface area (TPSA) is 78.8 Å². The average Bonchev–Trinajstić information content (AvgIpc) is 2.96. The molecule has 0 bridgehead atoms. The summed E-state index contributed by atoms with van der Waals surface area (Å²) in [6, 6.07) is 13.4. The SMILES string of the molecule is COc1cccc(N)c1-c1nnnn1-c1ccc(C)cc1. The fourth-order valence-corrected chi connectivity index (χ4v) is 2.16. The lowest BCUT2D eigenvalue weighted by atomic mass is 10.1. The highest BCUT2D eigenvalue weighted by Gasteiger charge is 2.17. The minimum Gasteiger partial charge on any atom is -0.496 e. The first-order valence-corrected chi connectivity index (χ1v) is 6.49. The Morgan fingerprint density at radius 3 is 2.57 bits per heavy atom. The summed E-state index contributed by atoms with van der Waals surface area (Å²) < 4.78 is 7.02. The molecule has 3 aromatic rings. The number of aromatic nitrogens is 4. The number of rotatable bonds is 3. The van der Waals surface area contributed by atoms with E-state index in [-0.39, 0.29) is 0 Å². The van der Waals surface area contributed by atoms with Gasteiger partial charge in [-0.2, -0.15) is 4.68 Å². The van der Waals surface area contributed by atoms with Crippen LogP contribution in [0.3, 0.4) is 0 Å². The minimum atomic E-state index is 0.550. The Morgan fingerprint density at radius 1 is 1.10 bits per heavy atom. The Balaban J connectivity index is 2.18. The Bertz CT molecular complexity index is 764. The van der Waals surface area contributed by atoms with E-state index in [1.165, 1.54) is 5.56 Å². The van der Waals surface area contributed by atoms with Crippen LogP contribution < -0.4 is 10.5 Å². The maximum absolute atomic E-state index is 6.07. The number of tetrazole rings is 1. The van der Waals surface area contributed by atoms with Gasteiger partial charge in [0.15, 0.2) is 5.82 Å². The van der Waals surface area contributed by atoms with E-state index >= 15 is 0 Å². The van der Waals surface area contributed by atoms with E-state index in [1.807, 2.05) is 43.3 Å². The molecule has 0 saturated carbocycles. The summed E-state index contributed by atoms with van der Waals surface area (Å²) in [4.78, 5) is 0. The van der Waals surface area contributed by atoms with Crippen LogP contribution in [0.1, 0.15) is 5.56 Å². The van der Waals surface area contributed by atoms with Crippen molar-refractivity contribution in [3.8, 4) is 22.8 Å². The number of hydrogen-bond acceptors (Lipinski definition) is 5. The van der Waals surface area contributed by atoms with Crippen molar-refractivity contribution in [3.05, 3.63) is 48.0 Å². The van der Waals surface area contributed by atoms with Gasteiger partial charge in [-0.05, 0) is 41.6 Å². The number of nitrogen functional groups attached to an aromatic ring is 1. The number of ether oxygens (including phenoxy) is 1. The Morgan fingerprint density at radius 2 is 1.86 bits per heavy atom. The molecule has 0 amide bonds. The monoisotopic (exact) mass is 281 g/mol. The Hall–Kier alpha value is -2.89. The summed E-state index contributed by atoms with van der Waals surface area (Å²) in [7, 11) is 1.60. The second-order valence-electron chi connectivity index (χ2n) is 4.67. The molecule has 0 aliphatic rings. The van der Waals surface area contributed by atoms with Gasteiger partial charge in [0.2, 0.25) is 0 Å². The molecule has 0 atom stereocenters. The average molecular weight is 281 g/mol. The molecule has 1 heterocycles. The number of benzene rings is 2. The second-order valence-corrected chi connectivity index (χ2v) is 4.67. The summed E-state index contributed by atoms with van der Waals surface area (Å²) >= 11 is 0. The zero-order chi connectivity index (χ0) is 14.8. The Labute approximate surface area is 122 Å². The van der Waals surface area contributed by atoms with E-state index in [4.69, 9.17) is 10.5 Å². The van der Waals surface area contributed by atoms with E-state index in [0.29, 0.717) is 22.8 Å². The third kappa shape index (κ3) is 2.31. The fourth-order valence-electron chi connectivity index (χ4n) is 2.16. The normalized spacial score (nSPS) is 10.6. The van der Waals surface area contributed by atoms with Crippen LogP contribution in [-0.2, 0) is 0 Å². The zero-order valence-electron chi connectivity index (χ0n) is 11.8. The van der Waals surface area contributed by atoms with Crippen LogP contribution in [0.25, 0.3) is 17.1 Å². The second kappa shape index (κ2) is 5.24. The maximum Gasteiger partial charge on any atom is 0.192 e. The molecule has 0 aliphatic carbocycles. The fraction of sp³-hybridized carbons (Fsp3) is 0.133. The van der Waals surface area contributed by atoms with Crippen molar-refractivity contribution in [1.82, 2.24) is 20.2 Å². The molecular formula is C15H15N5O. The van der Waals surface area contributed by atoms with Crippen LogP contribution in [0.4, 0.5) is 5.69 Å². The van der Waals surface area contributed by atoms with Crippen LogP contribution >= 0.6 is 0 Å². The van der Waals surface area contributed by atoms with Gasteiger partial charge in [-0.15, -0.1) is 5.10 Å². The largest absolute Gasteiger partial charge is 0.496 e. The number of anilines is 1. The lowest BCUT2D eigenvalue weighted by molar-refractivity contribution is 0.416. The third-order valence-electron chi connectivity index (χ3n) is 3.25. The van der Waals surface area contributed by atoms with Gasteiger partial charge in [-0.1, -0.05) is 23.8 Å². The van der Waals surface area contributed by atoms with Gasteiger partial charge in [0.25, 0.3) is 0 Å². The van der Waals surface area contributed by atoms with Crippen molar-refractivity contribution in [2.45, 2.75) is 6.92 Å². The summed E-state index contributed by atoms with van der Waals surface area (Å²) in [5, 5.41) is 11.9. The van der Waals surface area contributed by atoms with Gasteiger partial charge in [-0.3, -0.25) is 0 Å². The van der Waals surface area contributed by atoms with Crippen molar-refractivity contribution in [3.63, 3.8) is 0 Å². The molecule has 0 spiro atoms. The number of methoxy groups -OCH3 is 1. The van der Waals surface area contributed by atoms with E-state index in [2.05, 4.69) is 15.5 Å². The highest BCUT2D eigenvalue weighted by molar-refractivity contribution is 5.78. The quantitative estimate of drug-likeness (QED) is 0.745. The van der Waals surface area contributed by atoms with E-state index in [9.17, 15) is 0 Å². The van der Waals surface area contributed by atoms with Crippen LogP contribution in [0.15, 0.2) is 42.5 Å². The standard InChI is InChI=1S/C15H15N5O/c1-10-6-8-11(9-7-10)20-15(17-18-19-20)14-12(16)4-3-5-13(14)21-2/h3-9H,16H2,1-2H3. The van der Waals surface area contributed by atoms with Crippen molar-refractivity contribution < 1.29 is 4.74 Å². The molecule has 1 aromatic heterocycles. The maximum atomic E-state index is 6.07. The van der Waals surface area contributed by atoms with Gasteiger partial charge < -0.3 is 10.5 Å². The first-order chi connectivity index (χ1) is 10.2. The van der Waals surface area contributed by atoms with Gasteiger partial charge >= 0.3 is 0 Å². The minimum absolute atomic E-state index is 0.550. The summed E-state index contributed by atoms with van der Waals surface area (Å²) in [5.74, 6) is 1.19. The van der Waals surface area contributed by atoms with Crippen LogP contribution in [-0.4, -0.2) is 27.3 Å². The summed E-state index contributed by atoms with van der Waals surface area (Å²) in [5.41, 5.74) is 9.36. The smallest absolute Gasteiger partial charge is 0.192 e. The van der Waals surface area contributed by atoms with Crippen molar-refractivity contribution in [1.29, 1.82) is 0 Å². The van der Waals surface area contributed by atoms with Crippen LogP contribution in [0.5, 0.6) is 5.75 Å². The summed E-state index contributed by atoms with van der Waals surface area (Å²) in [6.07, 6.45) is 0. The highest BCUT2D eigenvalue weighted by atomic mass is 16.5. The Kier molecular flexibility index (Phi) is 3.27. The number of nitrogens with two attached hydrogens (primary N) is 1. The molecule has 21 heavy (non-hydrogen) atoms. The molecule has 6 nitrogen and oxygen atoms in total. The predicted molar refractivity (Wildman–Crippen MR) is 80.3 cm³/mol.